The summed E-state index contributed by atoms with van der Waals surface area (Å²) in [5, 5.41) is 0.446. The standard InChI is InChI=1S/C24H22ClN3O4S2/c1-4-28-21-20(32-3)14-5-15(2)22(21)33-24(28)26-23(29)16-6-10-18(11-7-16)27-34(30,31)19-12-8-17(25)9-13-19/h5-14,27H,4H2,1-3H3. The minimum absolute atomic E-state index is 0.0895. The number of aromatic nitrogens is 1. The number of thiazole rings is 1. The van der Waals surface area contributed by atoms with Crippen LogP contribution in [0.2, 0.25) is 5.02 Å². The van der Waals surface area contributed by atoms with Gasteiger partial charge in [-0.05, 0) is 74.0 Å². The van der Waals surface area contributed by atoms with Gasteiger partial charge in [0, 0.05) is 22.8 Å². The third kappa shape index (κ3) is 4.72. The van der Waals surface area contributed by atoms with E-state index in [1.807, 2.05) is 30.5 Å². The molecule has 0 bridgehead atoms. The zero-order chi connectivity index (χ0) is 24.5. The summed E-state index contributed by atoms with van der Waals surface area (Å²) in [7, 11) is -2.16. The first-order chi connectivity index (χ1) is 16.2. The lowest BCUT2D eigenvalue weighted by Crippen LogP contribution is -2.16. The topological polar surface area (TPSA) is 89.8 Å². The van der Waals surface area contributed by atoms with Crippen molar-refractivity contribution in [2.75, 3.05) is 11.8 Å². The van der Waals surface area contributed by atoms with Gasteiger partial charge in [0.25, 0.3) is 15.9 Å². The summed E-state index contributed by atoms with van der Waals surface area (Å²) < 4.78 is 36.1. The van der Waals surface area contributed by atoms with Crippen LogP contribution < -0.4 is 14.3 Å². The van der Waals surface area contributed by atoms with Crippen LogP contribution in [0.4, 0.5) is 5.69 Å². The molecule has 10 heteroatoms. The molecule has 0 aliphatic rings. The highest BCUT2D eigenvalue weighted by Crippen LogP contribution is 2.30. The third-order valence-corrected chi connectivity index (χ3v) is 8.09. The number of sulfonamides is 1. The number of halogens is 1. The molecule has 0 saturated carbocycles. The average molecular weight is 516 g/mol. The summed E-state index contributed by atoms with van der Waals surface area (Å²) in [6, 6.07) is 15.9. The maximum absolute atomic E-state index is 12.9. The van der Waals surface area contributed by atoms with Crippen LogP contribution in [0.3, 0.4) is 0 Å². The summed E-state index contributed by atoms with van der Waals surface area (Å²) in [6.07, 6.45) is 0. The van der Waals surface area contributed by atoms with E-state index in [0.29, 0.717) is 27.6 Å². The Hall–Kier alpha value is -3.14. The van der Waals surface area contributed by atoms with Gasteiger partial charge in [0.05, 0.1) is 16.7 Å². The Bertz CT molecular complexity index is 1540. The van der Waals surface area contributed by atoms with Gasteiger partial charge in [0.15, 0.2) is 4.80 Å². The summed E-state index contributed by atoms with van der Waals surface area (Å²) >= 11 is 7.26. The van der Waals surface area contributed by atoms with Crippen molar-refractivity contribution in [2.24, 2.45) is 4.99 Å². The summed E-state index contributed by atoms with van der Waals surface area (Å²) in [5.74, 6) is 0.308. The Balaban J connectivity index is 1.63. The van der Waals surface area contributed by atoms with Crippen molar-refractivity contribution in [1.82, 2.24) is 4.57 Å². The zero-order valence-electron chi connectivity index (χ0n) is 18.7. The Labute approximate surface area is 206 Å². The van der Waals surface area contributed by atoms with E-state index in [2.05, 4.69) is 9.71 Å². The smallest absolute Gasteiger partial charge is 0.279 e. The maximum Gasteiger partial charge on any atom is 0.279 e. The molecule has 1 aromatic heterocycles. The molecule has 3 aromatic carbocycles. The van der Waals surface area contributed by atoms with Crippen molar-refractivity contribution in [1.29, 1.82) is 0 Å². The lowest BCUT2D eigenvalue weighted by atomic mass is 10.2. The van der Waals surface area contributed by atoms with Crippen LogP contribution in [0.1, 0.15) is 22.8 Å². The highest BCUT2D eigenvalue weighted by molar-refractivity contribution is 7.92. The van der Waals surface area contributed by atoms with Crippen LogP contribution in [0.5, 0.6) is 5.75 Å². The van der Waals surface area contributed by atoms with Crippen molar-refractivity contribution in [3.05, 3.63) is 81.6 Å². The second-order valence-electron chi connectivity index (χ2n) is 7.45. The van der Waals surface area contributed by atoms with E-state index in [0.717, 1.165) is 21.5 Å². The number of hydrogen-bond donors (Lipinski definition) is 1. The van der Waals surface area contributed by atoms with Crippen molar-refractivity contribution in [3.63, 3.8) is 0 Å². The van der Waals surface area contributed by atoms with E-state index in [-0.39, 0.29) is 4.90 Å². The number of carbonyl (C=O) groups is 1. The lowest BCUT2D eigenvalue weighted by molar-refractivity contribution is 0.0998. The Kier molecular flexibility index (Phi) is 6.79. The number of fused-ring (bicyclic) bond motifs is 1. The maximum atomic E-state index is 12.9. The molecule has 1 N–H and O–H groups in total. The van der Waals surface area contributed by atoms with E-state index in [9.17, 15) is 13.2 Å². The third-order valence-electron chi connectivity index (χ3n) is 5.23. The number of benzene rings is 3. The predicted octanol–water partition coefficient (Wildman–Crippen LogP) is 5.24. The zero-order valence-corrected chi connectivity index (χ0v) is 21.1. The van der Waals surface area contributed by atoms with Gasteiger partial charge >= 0.3 is 0 Å². The van der Waals surface area contributed by atoms with Crippen LogP contribution in [0.25, 0.3) is 10.2 Å². The van der Waals surface area contributed by atoms with E-state index in [1.165, 1.54) is 47.7 Å². The van der Waals surface area contributed by atoms with Gasteiger partial charge in [-0.25, -0.2) is 8.42 Å². The molecule has 0 fully saturated rings. The molecule has 7 nitrogen and oxygen atoms in total. The predicted molar refractivity (Wildman–Crippen MR) is 135 cm³/mol. The number of nitrogens with one attached hydrogen (secondary N) is 1. The lowest BCUT2D eigenvalue weighted by Gasteiger charge is -2.08. The molecule has 4 aromatic rings. The van der Waals surface area contributed by atoms with Crippen molar-refractivity contribution in [2.45, 2.75) is 25.3 Å². The largest absolute Gasteiger partial charge is 0.495 e. The second kappa shape index (κ2) is 9.61. The molecule has 176 valence electrons. The Morgan fingerprint density at radius 2 is 1.76 bits per heavy atom. The van der Waals surface area contributed by atoms with Crippen LogP contribution in [0, 0.1) is 6.92 Å². The van der Waals surface area contributed by atoms with Gasteiger partial charge < -0.3 is 9.30 Å². The van der Waals surface area contributed by atoms with Crippen LogP contribution in [-0.2, 0) is 16.6 Å². The summed E-state index contributed by atoms with van der Waals surface area (Å²) in [6.45, 7) is 4.62. The summed E-state index contributed by atoms with van der Waals surface area (Å²) in [4.78, 5) is 17.9. The fourth-order valence-electron chi connectivity index (χ4n) is 3.48. The molecule has 1 amide bonds. The fourth-order valence-corrected chi connectivity index (χ4v) is 5.84. The monoisotopic (exact) mass is 515 g/mol. The van der Waals surface area contributed by atoms with Gasteiger partial charge in [-0.1, -0.05) is 29.0 Å². The quantitative estimate of drug-likeness (QED) is 0.380. The number of nitrogens with zero attached hydrogens (tertiary/aromatic N) is 2. The molecule has 0 atom stereocenters. The van der Waals surface area contributed by atoms with Crippen LogP contribution >= 0.6 is 22.9 Å². The Morgan fingerprint density at radius 1 is 1.09 bits per heavy atom. The van der Waals surface area contributed by atoms with Gasteiger partial charge in [-0.3, -0.25) is 9.52 Å². The fraction of sp³-hybridized carbons (Fsp3) is 0.167. The van der Waals surface area contributed by atoms with Gasteiger partial charge in [-0.15, -0.1) is 0 Å². The van der Waals surface area contributed by atoms with Gasteiger partial charge in [0.1, 0.15) is 11.3 Å². The summed E-state index contributed by atoms with van der Waals surface area (Å²) in [5.41, 5.74) is 2.67. The molecule has 0 unspecified atom stereocenters. The normalized spacial score (nSPS) is 12.2. The van der Waals surface area contributed by atoms with Crippen molar-refractivity contribution < 1.29 is 17.9 Å². The minimum atomic E-state index is -3.78. The van der Waals surface area contributed by atoms with E-state index >= 15 is 0 Å². The number of hydrogen-bond acceptors (Lipinski definition) is 5. The highest BCUT2D eigenvalue weighted by atomic mass is 35.5. The van der Waals surface area contributed by atoms with E-state index < -0.39 is 15.9 Å². The highest BCUT2D eigenvalue weighted by Gasteiger charge is 2.16. The number of carbonyl (C=O) groups excluding carboxylic acids is 1. The first kappa shape index (κ1) is 24.0. The molecular weight excluding hydrogens is 494 g/mol. The number of ether oxygens (including phenoxy) is 1. The van der Waals surface area contributed by atoms with Crippen LogP contribution in [0.15, 0.2) is 70.6 Å². The molecule has 0 saturated heterocycles. The van der Waals surface area contributed by atoms with Gasteiger partial charge in [0.2, 0.25) is 0 Å². The molecule has 34 heavy (non-hydrogen) atoms. The first-order valence-electron chi connectivity index (χ1n) is 10.4. The molecule has 4 rings (SSSR count). The number of anilines is 1. The molecule has 0 radical (unpaired) electrons. The van der Waals surface area contributed by atoms with Crippen molar-refractivity contribution >= 4 is 54.8 Å². The van der Waals surface area contributed by atoms with Gasteiger partial charge in [-0.2, -0.15) is 4.99 Å². The second-order valence-corrected chi connectivity index (χ2v) is 10.5. The molecule has 0 spiro atoms. The number of rotatable bonds is 6. The molecule has 1 heterocycles. The molecule has 0 aliphatic heterocycles. The van der Waals surface area contributed by atoms with E-state index in [4.69, 9.17) is 16.3 Å². The minimum Gasteiger partial charge on any atom is -0.495 e. The molecular formula is C24H22ClN3O4S2. The number of aryl methyl sites for hydroxylation is 2. The van der Waals surface area contributed by atoms with Crippen LogP contribution in [-0.4, -0.2) is 26.0 Å². The molecule has 0 aliphatic carbocycles. The SMILES string of the molecule is CCn1c(=NC(=O)c2ccc(NS(=O)(=O)c3ccc(Cl)cc3)cc2)sc2c(C)ccc(OC)c21. The van der Waals surface area contributed by atoms with E-state index in [1.54, 1.807) is 19.2 Å². The number of amides is 1. The number of methoxy groups -OCH3 is 1. The van der Waals surface area contributed by atoms with Crippen molar-refractivity contribution in [3.8, 4) is 5.75 Å². The average Bonchev–Trinajstić information content (AvgIpc) is 3.18. The first-order valence-corrected chi connectivity index (χ1v) is 13.1. The Morgan fingerprint density at radius 3 is 2.38 bits per heavy atom.